The highest BCUT2D eigenvalue weighted by Gasteiger charge is 2.20. The molecule has 27 heavy (non-hydrogen) atoms. The van der Waals surface area contributed by atoms with Crippen LogP contribution < -0.4 is 5.32 Å². The van der Waals surface area contributed by atoms with Crippen LogP contribution in [0.2, 0.25) is 0 Å². The summed E-state index contributed by atoms with van der Waals surface area (Å²) < 4.78 is 0. The first-order chi connectivity index (χ1) is 13.1. The Bertz CT molecular complexity index is 937. The Morgan fingerprint density at radius 1 is 1.19 bits per heavy atom. The van der Waals surface area contributed by atoms with E-state index < -0.39 is 4.92 Å². The second kappa shape index (κ2) is 8.27. The third-order valence-electron chi connectivity index (χ3n) is 4.29. The van der Waals surface area contributed by atoms with Gasteiger partial charge >= 0.3 is 0 Å². The minimum Gasteiger partial charge on any atom is -0.309 e. The summed E-state index contributed by atoms with van der Waals surface area (Å²) in [5.74, 6) is 0.00726. The van der Waals surface area contributed by atoms with Gasteiger partial charge in [0.25, 0.3) is 5.69 Å². The summed E-state index contributed by atoms with van der Waals surface area (Å²) in [5.41, 5.74) is 2.19. The molecule has 0 fully saturated rings. The third kappa shape index (κ3) is 4.38. The standard InChI is InChI=1S/C20H20N4O3/c1-2-7-17(14-8-4-3-5-9-14)20(25)21-19-13-18(22-23-19)15-10-6-11-16(12-15)24(26)27/h3-6,8-13,17H,2,7H2,1H3,(H2,21,22,23,25). The first-order valence-electron chi connectivity index (χ1n) is 8.74. The van der Waals surface area contributed by atoms with Crippen LogP contribution >= 0.6 is 0 Å². The van der Waals surface area contributed by atoms with Crippen molar-refractivity contribution in [2.24, 2.45) is 0 Å². The van der Waals surface area contributed by atoms with E-state index >= 15 is 0 Å². The van der Waals surface area contributed by atoms with Crippen LogP contribution in [0.4, 0.5) is 11.5 Å². The van der Waals surface area contributed by atoms with Gasteiger partial charge in [-0.2, -0.15) is 5.10 Å². The molecule has 0 aliphatic heterocycles. The molecule has 0 saturated carbocycles. The zero-order valence-corrected chi connectivity index (χ0v) is 14.9. The fourth-order valence-electron chi connectivity index (χ4n) is 2.96. The van der Waals surface area contributed by atoms with Gasteiger partial charge in [0, 0.05) is 23.8 Å². The van der Waals surface area contributed by atoms with E-state index in [1.165, 1.54) is 12.1 Å². The molecule has 2 N–H and O–H groups in total. The van der Waals surface area contributed by atoms with Crippen LogP contribution in [-0.4, -0.2) is 21.0 Å². The molecule has 7 nitrogen and oxygen atoms in total. The van der Waals surface area contributed by atoms with Crippen molar-refractivity contribution in [3.05, 3.63) is 76.3 Å². The molecule has 0 bridgehead atoms. The maximum Gasteiger partial charge on any atom is 0.270 e. The molecule has 0 spiro atoms. The van der Waals surface area contributed by atoms with Gasteiger partial charge in [0.15, 0.2) is 5.82 Å². The molecule has 1 unspecified atom stereocenters. The summed E-state index contributed by atoms with van der Waals surface area (Å²) in [6.07, 6.45) is 1.62. The number of rotatable bonds is 7. The van der Waals surface area contributed by atoms with E-state index in [1.54, 1.807) is 18.2 Å². The predicted molar refractivity (Wildman–Crippen MR) is 103 cm³/mol. The number of nitro benzene ring substituents is 1. The Morgan fingerprint density at radius 2 is 1.96 bits per heavy atom. The van der Waals surface area contributed by atoms with Gasteiger partial charge in [-0.3, -0.25) is 20.0 Å². The molecule has 3 aromatic rings. The number of H-pyrrole nitrogens is 1. The van der Waals surface area contributed by atoms with E-state index in [4.69, 9.17) is 0 Å². The third-order valence-corrected chi connectivity index (χ3v) is 4.29. The van der Waals surface area contributed by atoms with Crippen LogP contribution in [0.25, 0.3) is 11.3 Å². The molecule has 0 aliphatic carbocycles. The number of non-ortho nitro benzene ring substituents is 1. The maximum absolute atomic E-state index is 12.7. The number of carbonyl (C=O) groups is 1. The zero-order valence-electron chi connectivity index (χ0n) is 14.9. The Balaban J connectivity index is 1.77. The van der Waals surface area contributed by atoms with Crippen molar-refractivity contribution in [3.63, 3.8) is 0 Å². The molecule has 1 atom stereocenters. The molecule has 0 saturated heterocycles. The van der Waals surface area contributed by atoms with Crippen molar-refractivity contribution >= 4 is 17.4 Å². The Hall–Kier alpha value is -3.48. The molecular weight excluding hydrogens is 344 g/mol. The lowest BCUT2D eigenvalue weighted by Crippen LogP contribution is -2.21. The van der Waals surface area contributed by atoms with Crippen molar-refractivity contribution in [1.82, 2.24) is 10.2 Å². The van der Waals surface area contributed by atoms with Gasteiger partial charge in [-0.05, 0) is 12.0 Å². The number of hydrogen-bond acceptors (Lipinski definition) is 4. The minimum atomic E-state index is -0.447. The summed E-state index contributed by atoms with van der Waals surface area (Å²) in [6.45, 7) is 2.04. The van der Waals surface area contributed by atoms with Crippen molar-refractivity contribution in [2.45, 2.75) is 25.7 Å². The van der Waals surface area contributed by atoms with Gasteiger partial charge < -0.3 is 5.32 Å². The summed E-state index contributed by atoms with van der Waals surface area (Å²) in [4.78, 5) is 23.2. The van der Waals surface area contributed by atoms with Gasteiger partial charge in [0.2, 0.25) is 5.91 Å². The second-order valence-corrected chi connectivity index (χ2v) is 6.22. The molecule has 7 heteroatoms. The molecule has 1 aromatic heterocycles. The van der Waals surface area contributed by atoms with Crippen LogP contribution in [0.1, 0.15) is 31.2 Å². The van der Waals surface area contributed by atoms with Crippen LogP contribution in [0.15, 0.2) is 60.7 Å². The average Bonchev–Trinajstić information content (AvgIpc) is 3.15. The average molecular weight is 364 g/mol. The highest BCUT2D eigenvalue weighted by molar-refractivity contribution is 5.95. The van der Waals surface area contributed by atoms with E-state index in [9.17, 15) is 14.9 Å². The van der Waals surface area contributed by atoms with Crippen molar-refractivity contribution < 1.29 is 9.72 Å². The number of nitrogens with zero attached hydrogens (tertiary/aromatic N) is 2. The molecule has 0 aliphatic rings. The smallest absolute Gasteiger partial charge is 0.270 e. The lowest BCUT2D eigenvalue weighted by atomic mass is 9.94. The molecule has 1 amide bonds. The minimum absolute atomic E-state index is 0.000210. The number of carbonyl (C=O) groups excluding carboxylic acids is 1. The summed E-state index contributed by atoms with van der Waals surface area (Å²) in [6, 6.07) is 17.6. The lowest BCUT2D eigenvalue weighted by molar-refractivity contribution is -0.384. The van der Waals surface area contributed by atoms with Gasteiger partial charge in [0.05, 0.1) is 16.5 Å². The highest BCUT2D eigenvalue weighted by Crippen LogP contribution is 2.26. The normalized spacial score (nSPS) is 11.7. The number of nitrogens with one attached hydrogen (secondary N) is 2. The van der Waals surface area contributed by atoms with Crippen LogP contribution in [0.3, 0.4) is 0 Å². The van der Waals surface area contributed by atoms with E-state index in [1.807, 2.05) is 37.3 Å². The maximum atomic E-state index is 12.7. The number of anilines is 1. The van der Waals surface area contributed by atoms with E-state index in [0.717, 1.165) is 18.4 Å². The summed E-state index contributed by atoms with van der Waals surface area (Å²) in [7, 11) is 0. The van der Waals surface area contributed by atoms with Gasteiger partial charge in [0.1, 0.15) is 0 Å². The molecule has 3 rings (SSSR count). The summed E-state index contributed by atoms with van der Waals surface area (Å²) >= 11 is 0. The number of amides is 1. The van der Waals surface area contributed by atoms with Crippen LogP contribution in [-0.2, 0) is 4.79 Å². The number of benzene rings is 2. The van der Waals surface area contributed by atoms with Gasteiger partial charge in [-0.25, -0.2) is 0 Å². The Labute approximate surface area is 156 Å². The second-order valence-electron chi connectivity index (χ2n) is 6.22. The number of aromatic nitrogens is 2. The first-order valence-corrected chi connectivity index (χ1v) is 8.74. The fourth-order valence-corrected chi connectivity index (χ4v) is 2.96. The topological polar surface area (TPSA) is 101 Å². The molecule has 0 radical (unpaired) electrons. The molecule has 138 valence electrons. The van der Waals surface area contributed by atoms with Crippen LogP contribution in [0, 0.1) is 10.1 Å². The Morgan fingerprint density at radius 3 is 2.67 bits per heavy atom. The fraction of sp³-hybridized carbons (Fsp3) is 0.200. The number of nitro groups is 1. The molecular formula is C20H20N4O3. The van der Waals surface area contributed by atoms with Gasteiger partial charge in [-0.1, -0.05) is 55.8 Å². The van der Waals surface area contributed by atoms with E-state index in [-0.39, 0.29) is 17.5 Å². The quantitative estimate of drug-likeness (QED) is 0.476. The lowest BCUT2D eigenvalue weighted by Gasteiger charge is -2.15. The summed E-state index contributed by atoms with van der Waals surface area (Å²) in [5, 5.41) is 20.7. The van der Waals surface area contributed by atoms with Crippen molar-refractivity contribution in [3.8, 4) is 11.3 Å². The largest absolute Gasteiger partial charge is 0.309 e. The van der Waals surface area contributed by atoms with Gasteiger partial charge in [-0.15, -0.1) is 0 Å². The van der Waals surface area contributed by atoms with E-state index in [0.29, 0.717) is 17.1 Å². The van der Waals surface area contributed by atoms with Crippen LogP contribution in [0.5, 0.6) is 0 Å². The Kier molecular flexibility index (Phi) is 5.61. The highest BCUT2D eigenvalue weighted by atomic mass is 16.6. The zero-order chi connectivity index (χ0) is 19.2. The van der Waals surface area contributed by atoms with E-state index in [2.05, 4.69) is 15.5 Å². The molecule has 2 aromatic carbocycles. The first kappa shape index (κ1) is 18.3. The predicted octanol–water partition coefficient (Wildman–Crippen LogP) is 4.51. The van der Waals surface area contributed by atoms with Crippen molar-refractivity contribution in [1.29, 1.82) is 0 Å². The molecule has 1 heterocycles. The number of aromatic amines is 1. The SMILES string of the molecule is CCCC(C(=O)Nc1cc(-c2cccc([N+](=O)[O-])c2)[nH]n1)c1ccccc1. The monoisotopic (exact) mass is 364 g/mol. The van der Waals surface area contributed by atoms with Crippen molar-refractivity contribution in [2.75, 3.05) is 5.32 Å². The number of hydrogen-bond donors (Lipinski definition) is 2.